The minimum Gasteiger partial charge on any atom is -0.359 e. The van der Waals surface area contributed by atoms with Crippen LogP contribution in [0.5, 0.6) is 0 Å². The lowest BCUT2D eigenvalue weighted by Gasteiger charge is -2.46. The van der Waals surface area contributed by atoms with E-state index in [0.717, 1.165) is 35.5 Å². The van der Waals surface area contributed by atoms with Crippen molar-refractivity contribution in [3.8, 4) is 0 Å². The lowest BCUT2D eigenvalue weighted by molar-refractivity contribution is -0.121. The molecule has 1 saturated heterocycles. The molecule has 0 unspecified atom stereocenters. The number of pyridine rings is 1. The third-order valence-electron chi connectivity index (χ3n) is 7.03. The highest BCUT2D eigenvalue weighted by Crippen LogP contribution is 2.35. The van der Waals surface area contributed by atoms with E-state index in [0.29, 0.717) is 12.0 Å². The Morgan fingerprint density at radius 3 is 2.69 bits per heavy atom. The van der Waals surface area contributed by atoms with Crippen LogP contribution < -0.4 is 10.6 Å². The average Bonchev–Trinajstić information content (AvgIpc) is 3.17. The topological polar surface area (TPSA) is 85.9 Å². The summed E-state index contributed by atoms with van der Waals surface area (Å²) in [5, 5.41) is 14.7. The van der Waals surface area contributed by atoms with Gasteiger partial charge in [0.2, 0.25) is 5.91 Å². The maximum Gasteiger partial charge on any atom is 0.239 e. The Morgan fingerprint density at radius 1 is 1.12 bits per heavy atom. The molecule has 1 amide bonds. The molecule has 5 rings (SSSR count). The molecule has 3 heterocycles. The van der Waals surface area contributed by atoms with Crippen molar-refractivity contribution in [2.45, 2.75) is 57.5 Å². The zero-order valence-electron chi connectivity index (χ0n) is 18.9. The number of fused-ring (bicyclic) bond motifs is 1. The predicted octanol–water partition coefficient (Wildman–Crippen LogP) is 3.51. The number of H-pyrrole nitrogens is 1. The van der Waals surface area contributed by atoms with Gasteiger partial charge in [0.15, 0.2) is 5.82 Å². The van der Waals surface area contributed by atoms with Gasteiger partial charge in [-0.2, -0.15) is 5.10 Å². The maximum atomic E-state index is 12.4. The molecule has 1 saturated carbocycles. The van der Waals surface area contributed by atoms with Crippen LogP contribution in [0.3, 0.4) is 0 Å². The summed E-state index contributed by atoms with van der Waals surface area (Å²) in [6.07, 6.45) is 6.96. The van der Waals surface area contributed by atoms with Crippen molar-refractivity contribution in [2.75, 3.05) is 25.0 Å². The van der Waals surface area contributed by atoms with Crippen molar-refractivity contribution in [3.63, 3.8) is 0 Å². The predicted molar refractivity (Wildman–Crippen MR) is 127 cm³/mol. The fraction of sp³-hybridized carbons (Fsp3) is 0.480. The minimum absolute atomic E-state index is 0.0223. The number of rotatable bonds is 6. The number of aryl methyl sites for hydroxylation is 2. The molecule has 3 N–H and O–H groups in total. The van der Waals surface area contributed by atoms with Gasteiger partial charge in [-0.15, -0.1) is 0 Å². The molecule has 1 aliphatic carbocycles. The highest BCUT2D eigenvalue weighted by Gasteiger charge is 2.35. The number of amides is 1. The monoisotopic (exact) mass is 432 g/mol. The first kappa shape index (κ1) is 20.9. The first-order valence-corrected chi connectivity index (χ1v) is 11.7. The Labute approximate surface area is 189 Å². The van der Waals surface area contributed by atoms with Gasteiger partial charge in [0.05, 0.1) is 18.1 Å². The van der Waals surface area contributed by atoms with E-state index in [1.54, 1.807) is 0 Å². The second-order valence-corrected chi connectivity index (χ2v) is 9.43. The highest BCUT2D eigenvalue weighted by atomic mass is 16.2. The number of aromatic nitrogens is 3. The smallest absolute Gasteiger partial charge is 0.239 e. The molecule has 168 valence electrons. The zero-order chi connectivity index (χ0) is 22.1. The summed E-state index contributed by atoms with van der Waals surface area (Å²) in [6.45, 7) is 6.24. The number of nitrogens with zero attached hydrogens (tertiary/aromatic N) is 3. The standard InChI is InChI=1S/C25H32N6O/c1-16-3-10-23-22(11-16)25(30-29-23)27-13-24(32)28-20-14-31(15-20)21-8-6-18(7-9-21)19-5-4-17(2)26-12-19/h3-5,10-12,18,20-21H,6-9,13-15H2,1-2H3,(H,28,32)(H2,27,29,30). The Bertz CT molecular complexity index is 1080. The summed E-state index contributed by atoms with van der Waals surface area (Å²) in [5.74, 6) is 1.40. The maximum absolute atomic E-state index is 12.4. The van der Waals surface area contributed by atoms with E-state index in [2.05, 4.69) is 62.0 Å². The molecule has 2 aliphatic rings. The molecule has 2 aromatic heterocycles. The molecule has 2 fully saturated rings. The number of likely N-dealkylation sites (tertiary alicyclic amines) is 1. The third kappa shape index (κ3) is 4.48. The second kappa shape index (κ2) is 8.90. The van der Waals surface area contributed by atoms with Crippen LogP contribution >= 0.6 is 0 Å². The summed E-state index contributed by atoms with van der Waals surface area (Å²) in [4.78, 5) is 19.4. The molecular weight excluding hydrogens is 400 g/mol. The van der Waals surface area contributed by atoms with Crippen LogP contribution in [0.1, 0.15) is 48.4 Å². The fourth-order valence-corrected chi connectivity index (χ4v) is 5.10. The summed E-state index contributed by atoms with van der Waals surface area (Å²) >= 11 is 0. The SMILES string of the molecule is Cc1ccc2[nH]nc(NCC(=O)NC3CN(C4CCC(c5ccc(C)nc5)CC4)C3)c2c1. The average molecular weight is 433 g/mol. The zero-order valence-corrected chi connectivity index (χ0v) is 18.9. The van der Waals surface area contributed by atoms with Crippen molar-refractivity contribution in [1.82, 2.24) is 25.4 Å². The van der Waals surface area contributed by atoms with Crippen LogP contribution in [0.15, 0.2) is 36.5 Å². The van der Waals surface area contributed by atoms with E-state index in [1.165, 1.54) is 36.8 Å². The minimum atomic E-state index is 0.0223. The van der Waals surface area contributed by atoms with E-state index in [4.69, 9.17) is 0 Å². The molecule has 0 radical (unpaired) electrons. The van der Waals surface area contributed by atoms with Crippen molar-refractivity contribution < 1.29 is 4.79 Å². The van der Waals surface area contributed by atoms with Crippen LogP contribution in [-0.2, 0) is 4.79 Å². The van der Waals surface area contributed by atoms with Gasteiger partial charge in [0.1, 0.15) is 0 Å². The number of hydrogen-bond acceptors (Lipinski definition) is 5. The molecule has 3 aromatic rings. The van der Waals surface area contributed by atoms with Crippen LogP contribution in [0.2, 0.25) is 0 Å². The van der Waals surface area contributed by atoms with Crippen LogP contribution in [-0.4, -0.2) is 57.7 Å². The van der Waals surface area contributed by atoms with Gasteiger partial charge >= 0.3 is 0 Å². The molecule has 0 bridgehead atoms. The van der Waals surface area contributed by atoms with Gasteiger partial charge in [-0.05, 0) is 69.2 Å². The molecule has 1 aromatic carbocycles. The number of carbonyl (C=O) groups is 1. The first-order valence-electron chi connectivity index (χ1n) is 11.7. The normalized spacial score (nSPS) is 21.9. The van der Waals surface area contributed by atoms with Gasteiger partial charge in [-0.1, -0.05) is 17.7 Å². The van der Waals surface area contributed by atoms with Crippen molar-refractivity contribution in [2.24, 2.45) is 0 Å². The number of benzene rings is 1. The fourth-order valence-electron chi connectivity index (χ4n) is 5.10. The Balaban J connectivity index is 1.04. The molecule has 1 aliphatic heterocycles. The number of carbonyl (C=O) groups excluding carboxylic acids is 1. The van der Waals surface area contributed by atoms with E-state index < -0.39 is 0 Å². The second-order valence-electron chi connectivity index (χ2n) is 9.43. The molecule has 0 atom stereocenters. The number of anilines is 1. The van der Waals surface area contributed by atoms with Gasteiger partial charge < -0.3 is 10.6 Å². The Hall–Kier alpha value is -2.93. The third-order valence-corrected chi connectivity index (χ3v) is 7.03. The van der Waals surface area contributed by atoms with Gasteiger partial charge in [0, 0.05) is 36.4 Å². The van der Waals surface area contributed by atoms with Gasteiger partial charge in [-0.25, -0.2) is 0 Å². The first-order chi connectivity index (χ1) is 15.5. The van der Waals surface area contributed by atoms with Crippen molar-refractivity contribution in [3.05, 3.63) is 53.3 Å². The summed E-state index contributed by atoms with van der Waals surface area (Å²) in [6, 6.07) is 11.4. The Kier molecular flexibility index (Phi) is 5.83. The molecule has 7 heteroatoms. The van der Waals surface area contributed by atoms with E-state index in [9.17, 15) is 4.79 Å². The van der Waals surface area contributed by atoms with Gasteiger partial charge in [-0.3, -0.25) is 19.8 Å². The quantitative estimate of drug-likeness (QED) is 0.555. The molecular formula is C25H32N6O. The summed E-state index contributed by atoms with van der Waals surface area (Å²) in [7, 11) is 0. The summed E-state index contributed by atoms with van der Waals surface area (Å²) in [5.41, 5.74) is 4.61. The van der Waals surface area contributed by atoms with Gasteiger partial charge in [0.25, 0.3) is 0 Å². The van der Waals surface area contributed by atoms with E-state index in [1.807, 2.05) is 19.1 Å². The molecule has 32 heavy (non-hydrogen) atoms. The largest absolute Gasteiger partial charge is 0.359 e. The molecule has 0 spiro atoms. The number of aromatic amines is 1. The lowest BCUT2D eigenvalue weighted by atomic mass is 9.81. The number of nitrogens with one attached hydrogen (secondary N) is 3. The number of hydrogen-bond donors (Lipinski definition) is 3. The van der Waals surface area contributed by atoms with E-state index in [-0.39, 0.29) is 18.5 Å². The van der Waals surface area contributed by atoms with Crippen molar-refractivity contribution >= 4 is 22.6 Å². The Morgan fingerprint density at radius 2 is 1.94 bits per heavy atom. The van der Waals surface area contributed by atoms with Crippen LogP contribution in [0, 0.1) is 13.8 Å². The molecule has 7 nitrogen and oxygen atoms in total. The van der Waals surface area contributed by atoms with E-state index >= 15 is 0 Å². The highest BCUT2D eigenvalue weighted by molar-refractivity contribution is 5.92. The summed E-state index contributed by atoms with van der Waals surface area (Å²) < 4.78 is 0. The van der Waals surface area contributed by atoms with Crippen molar-refractivity contribution in [1.29, 1.82) is 0 Å². The van der Waals surface area contributed by atoms with Crippen LogP contribution in [0.4, 0.5) is 5.82 Å². The lowest BCUT2D eigenvalue weighted by Crippen LogP contribution is -2.63. The van der Waals surface area contributed by atoms with Crippen LogP contribution in [0.25, 0.3) is 10.9 Å².